The molecule has 4 aromatic heterocycles. The molecule has 4 atom stereocenters. The van der Waals surface area contributed by atoms with Crippen LogP contribution < -0.4 is 20.3 Å². The molecule has 19 heteroatoms. The van der Waals surface area contributed by atoms with Gasteiger partial charge in [0, 0.05) is 41.7 Å². The molecule has 1 aliphatic carbocycles. The maximum absolute atomic E-state index is 16.9. The number of amides is 4. The molecule has 4 amide bonds. The van der Waals surface area contributed by atoms with Crippen molar-refractivity contribution in [3.63, 3.8) is 0 Å². The van der Waals surface area contributed by atoms with Crippen LogP contribution in [0.3, 0.4) is 0 Å². The summed E-state index contributed by atoms with van der Waals surface area (Å²) in [4.78, 5) is 77.2. The topological polar surface area (TPSA) is 202 Å². The highest BCUT2D eigenvalue weighted by molar-refractivity contribution is 7.11. The Bertz CT molecular complexity index is 2860. The molecule has 0 spiro atoms. The van der Waals surface area contributed by atoms with E-state index in [0.717, 1.165) is 58.5 Å². The van der Waals surface area contributed by atoms with Crippen LogP contribution in [0.5, 0.6) is 5.75 Å². The summed E-state index contributed by atoms with van der Waals surface area (Å²) in [5.41, 5.74) is 4.34. The van der Waals surface area contributed by atoms with E-state index in [1.807, 2.05) is 75.7 Å². The highest BCUT2D eigenvalue weighted by atomic mass is 32.1. The second-order valence-electron chi connectivity index (χ2n) is 18.4. The fraction of sp³-hybridized carbons (Fsp3) is 0.449. The first-order valence-electron chi connectivity index (χ1n) is 23.3. The molecule has 2 aromatic carbocycles. The van der Waals surface area contributed by atoms with Crippen LogP contribution in [0.25, 0.3) is 44.7 Å². The minimum atomic E-state index is -0.829. The number of benzene rings is 2. The van der Waals surface area contributed by atoms with Crippen LogP contribution in [0.4, 0.5) is 19.9 Å². The molecule has 358 valence electrons. The fourth-order valence-corrected chi connectivity index (χ4v) is 10.3. The number of aromatic amines is 2. The van der Waals surface area contributed by atoms with Crippen molar-refractivity contribution in [2.75, 3.05) is 32.2 Å². The molecular formula is C49H57FN10O7S. The zero-order chi connectivity index (χ0) is 48.0. The van der Waals surface area contributed by atoms with E-state index in [2.05, 4.69) is 25.6 Å². The van der Waals surface area contributed by atoms with E-state index >= 15 is 4.39 Å². The number of carbonyl (C=O) groups excluding carboxylic acids is 4. The van der Waals surface area contributed by atoms with Gasteiger partial charge < -0.3 is 39.7 Å². The van der Waals surface area contributed by atoms with Gasteiger partial charge in [-0.25, -0.2) is 28.9 Å². The van der Waals surface area contributed by atoms with E-state index in [1.54, 1.807) is 33.5 Å². The molecule has 2 aliphatic heterocycles. The number of ether oxygens (including phenoxy) is 3. The smallest absolute Gasteiger partial charge is 0.407 e. The van der Waals surface area contributed by atoms with E-state index in [1.165, 1.54) is 20.3 Å². The Hall–Kier alpha value is -6.76. The molecule has 2 unspecified atom stereocenters. The first-order valence-corrected chi connectivity index (χ1v) is 24.1. The number of anilines is 1. The van der Waals surface area contributed by atoms with Gasteiger partial charge in [0.1, 0.15) is 29.5 Å². The number of hydrogen-bond donors (Lipinski definition) is 4. The number of nitrogens with zero attached hydrogens (tertiary/aromatic N) is 6. The first kappa shape index (κ1) is 46.4. The Labute approximate surface area is 397 Å². The van der Waals surface area contributed by atoms with Gasteiger partial charge >= 0.3 is 12.2 Å². The third kappa shape index (κ3) is 8.90. The maximum Gasteiger partial charge on any atom is 0.407 e. The Kier molecular flexibility index (Phi) is 13.0. The monoisotopic (exact) mass is 948 g/mol. The Morgan fingerprint density at radius 3 is 2.32 bits per heavy atom. The van der Waals surface area contributed by atoms with Crippen LogP contribution in [0.15, 0.2) is 55.0 Å². The van der Waals surface area contributed by atoms with Crippen LogP contribution >= 0.6 is 11.3 Å². The van der Waals surface area contributed by atoms with Gasteiger partial charge in [-0.15, -0.1) is 11.3 Å². The maximum atomic E-state index is 16.9. The van der Waals surface area contributed by atoms with Crippen LogP contribution in [-0.2, 0) is 19.1 Å². The van der Waals surface area contributed by atoms with Gasteiger partial charge in [-0.05, 0) is 74.3 Å². The number of nitrogens with one attached hydrogen (secondary N) is 4. The third-order valence-electron chi connectivity index (χ3n) is 13.0. The molecule has 9 rings (SSSR count). The Balaban J connectivity index is 1.05. The molecule has 6 aromatic rings. The molecule has 17 nitrogen and oxygen atoms in total. The number of carbonyl (C=O) groups is 4. The summed E-state index contributed by atoms with van der Waals surface area (Å²) >= 11 is 1.61. The van der Waals surface area contributed by atoms with Crippen LogP contribution in [0.2, 0.25) is 0 Å². The standard InChI is InChI=1S/C49H57FN10O7S/c1-8-9-16-59(45(62)41(26(4)5)57-49(64)66-7)47-53-23-32(55-47)28-14-15-34-30(18-28)20-36-39-31(50)19-29(21-37(39)67-46(60(34)36)38-24-52-43(68-38)27-12-13-27)33-22-51-42(54-33)35-11-10-17-58(35)44(61)40(25(2)3)56-48(63)65-6/h14-15,18-27,35,40-41,46H,8-13,16-17H2,1-7H3,(H,51,54)(H,53,55)(H,56,63)(H,57,64)/t35-,40?,41?,46+/m0/s1. The molecule has 2 fully saturated rings. The van der Waals surface area contributed by atoms with E-state index in [-0.39, 0.29) is 29.7 Å². The summed E-state index contributed by atoms with van der Waals surface area (Å²) in [7, 11) is 2.53. The minimum Gasteiger partial charge on any atom is -0.464 e. The second kappa shape index (κ2) is 19.1. The molecule has 68 heavy (non-hydrogen) atoms. The lowest BCUT2D eigenvalue weighted by Crippen LogP contribution is -2.52. The van der Waals surface area contributed by atoms with Crippen LogP contribution in [0, 0.1) is 17.7 Å². The number of likely N-dealkylation sites (tertiary alicyclic amines) is 1. The summed E-state index contributed by atoms with van der Waals surface area (Å²) in [6.07, 6.45) is 8.37. The molecule has 3 aliphatic rings. The number of rotatable bonds is 15. The summed E-state index contributed by atoms with van der Waals surface area (Å²) in [6.45, 7) is 10.4. The van der Waals surface area contributed by atoms with Gasteiger partial charge in [0.05, 0.1) is 70.7 Å². The van der Waals surface area contributed by atoms with Crippen molar-refractivity contribution in [3.05, 3.63) is 76.5 Å². The number of imidazole rings is 2. The number of alkyl carbamates (subject to hydrolysis) is 2. The normalized spacial score (nSPS) is 17.4. The number of aromatic nitrogens is 6. The molecule has 4 N–H and O–H groups in total. The molecule has 6 heterocycles. The van der Waals surface area contributed by atoms with E-state index in [9.17, 15) is 19.2 Å². The molecular weight excluding hydrogens is 892 g/mol. The van der Waals surface area contributed by atoms with Gasteiger partial charge in [0.25, 0.3) is 5.91 Å². The number of fused-ring (bicyclic) bond motifs is 5. The zero-order valence-electron chi connectivity index (χ0n) is 39.2. The summed E-state index contributed by atoms with van der Waals surface area (Å²) in [6, 6.07) is 9.25. The predicted molar refractivity (Wildman–Crippen MR) is 255 cm³/mol. The number of hydrogen-bond acceptors (Lipinski definition) is 11. The average Bonchev–Trinajstić information content (AvgIpc) is 3.92. The van der Waals surface area contributed by atoms with E-state index in [0.29, 0.717) is 71.2 Å². The van der Waals surface area contributed by atoms with E-state index < -0.39 is 36.3 Å². The van der Waals surface area contributed by atoms with Gasteiger partial charge in [0.2, 0.25) is 18.1 Å². The van der Waals surface area contributed by atoms with Gasteiger partial charge in [-0.2, -0.15) is 0 Å². The van der Waals surface area contributed by atoms with Crippen molar-refractivity contribution in [2.45, 2.75) is 103 Å². The molecule has 0 bridgehead atoms. The van der Waals surface area contributed by atoms with E-state index in [4.69, 9.17) is 24.2 Å². The van der Waals surface area contributed by atoms with Crippen LogP contribution in [0.1, 0.15) is 107 Å². The highest BCUT2D eigenvalue weighted by Crippen LogP contribution is 2.50. The van der Waals surface area contributed by atoms with Crippen molar-refractivity contribution >= 4 is 52.2 Å². The SMILES string of the molecule is CCCCN(C(=O)C(NC(=O)OC)C(C)C)c1ncc(-c2ccc3c(c2)cc2n3[C@@H](c3cnc(C4CC4)s3)Oc3cc(-c4cnc([C@@H]5CCCN5C(=O)C(NC(=O)OC)C(C)C)[nH]4)cc(F)c3-2)[nH]1. The van der Waals surface area contributed by atoms with Crippen molar-refractivity contribution in [3.8, 4) is 39.5 Å². The fourth-order valence-electron chi connectivity index (χ4n) is 9.16. The zero-order valence-corrected chi connectivity index (χ0v) is 40.0. The van der Waals surface area contributed by atoms with Crippen molar-refractivity contribution in [1.29, 1.82) is 0 Å². The lowest BCUT2D eigenvalue weighted by Gasteiger charge is -2.30. The van der Waals surface area contributed by atoms with Crippen molar-refractivity contribution in [1.82, 2.24) is 45.0 Å². The largest absolute Gasteiger partial charge is 0.464 e. The number of H-pyrrole nitrogens is 2. The summed E-state index contributed by atoms with van der Waals surface area (Å²) in [5.74, 6) is 0.323. The molecule has 0 radical (unpaired) electrons. The average molecular weight is 949 g/mol. The van der Waals surface area contributed by atoms with Gasteiger partial charge in [0.15, 0.2) is 0 Å². The Morgan fingerprint density at radius 1 is 0.897 bits per heavy atom. The lowest BCUT2D eigenvalue weighted by atomic mass is 10.0. The number of unbranched alkanes of at least 4 members (excludes halogenated alkanes) is 1. The lowest BCUT2D eigenvalue weighted by molar-refractivity contribution is -0.135. The number of thiazole rings is 1. The summed E-state index contributed by atoms with van der Waals surface area (Å²) in [5, 5.41) is 7.26. The van der Waals surface area contributed by atoms with Crippen LogP contribution in [-0.4, -0.2) is 97.8 Å². The van der Waals surface area contributed by atoms with Gasteiger partial charge in [-0.3, -0.25) is 19.1 Å². The van der Waals surface area contributed by atoms with Crippen molar-refractivity contribution in [2.24, 2.45) is 11.8 Å². The first-order chi connectivity index (χ1) is 32.8. The molecule has 1 saturated carbocycles. The highest BCUT2D eigenvalue weighted by Gasteiger charge is 2.39. The number of halogens is 1. The Morgan fingerprint density at radius 2 is 1.62 bits per heavy atom. The second-order valence-corrected chi connectivity index (χ2v) is 19.5. The molecule has 1 saturated heterocycles. The minimum absolute atomic E-state index is 0.180. The predicted octanol–water partition coefficient (Wildman–Crippen LogP) is 9.06. The summed E-state index contributed by atoms with van der Waals surface area (Å²) < 4.78 is 35.4. The quantitative estimate of drug-likeness (QED) is 0.0770. The number of methoxy groups -OCH3 is 2. The third-order valence-corrected chi connectivity index (χ3v) is 14.2. The van der Waals surface area contributed by atoms with Crippen molar-refractivity contribution < 1.29 is 37.8 Å². The van der Waals surface area contributed by atoms with Gasteiger partial charge in [-0.1, -0.05) is 47.1 Å².